The number of pyridine rings is 1. The summed E-state index contributed by atoms with van der Waals surface area (Å²) >= 11 is 6.25. The monoisotopic (exact) mass is 477 g/mol. The van der Waals surface area contributed by atoms with Gasteiger partial charge in [-0.2, -0.15) is 4.98 Å². The zero-order chi connectivity index (χ0) is 23.9. The van der Waals surface area contributed by atoms with Gasteiger partial charge in [0, 0.05) is 65.9 Å². The number of anilines is 3. The summed E-state index contributed by atoms with van der Waals surface area (Å²) in [6.07, 6.45) is 10.2. The summed E-state index contributed by atoms with van der Waals surface area (Å²) < 4.78 is 7.07. The number of nitrogens with one attached hydrogen (secondary N) is 2. The molecule has 9 nitrogen and oxygen atoms in total. The lowest BCUT2D eigenvalue weighted by Crippen LogP contribution is -2.12. The molecule has 3 heterocycles. The molecule has 0 bridgehead atoms. The van der Waals surface area contributed by atoms with Crippen molar-refractivity contribution in [2.45, 2.75) is 20.4 Å². The normalized spacial score (nSPS) is 10.7. The van der Waals surface area contributed by atoms with E-state index in [-0.39, 0.29) is 6.61 Å². The third kappa shape index (κ3) is 5.68. The minimum absolute atomic E-state index is 0.288. The zero-order valence-corrected chi connectivity index (χ0v) is 19.6. The Morgan fingerprint density at radius 1 is 1.18 bits per heavy atom. The quantitative estimate of drug-likeness (QED) is 0.333. The van der Waals surface area contributed by atoms with Crippen LogP contribution in [-0.2, 0) is 11.3 Å². The summed E-state index contributed by atoms with van der Waals surface area (Å²) in [6, 6.07) is 7.39. The maximum atomic E-state index is 12.2. The van der Waals surface area contributed by atoms with E-state index in [2.05, 4.69) is 30.6 Å². The lowest BCUT2D eigenvalue weighted by Gasteiger charge is -2.14. The minimum atomic E-state index is -0.429. The summed E-state index contributed by atoms with van der Waals surface area (Å²) in [4.78, 5) is 29.6. The average Bonchev–Trinajstić information content (AvgIpc) is 3.35. The highest BCUT2D eigenvalue weighted by Crippen LogP contribution is 2.28. The summed E-state index contributed by atoms with van der Waals surface area (Å²) in [6.45, 7) is 5.29. The molecule has 0 unspecified atom stereocenters. The Morgan fingerprint density at radius 2 is 2.06 bits per heavy atom. The molecule has 0 amide bonds. The van der Waals surface area contributed by atoms with Crippen molar-refractivity contribution in [1.82, 2.24) is 24.5 Å². The van der Waals surface area contributed by atoms with Crippen LogP contribution in [0, 0.1) is 6.92 Å². The molecular weight excluding hydrogens is 454 g/mol. The van der Waals surface area contributed by atoms with Crippen LogP contribution >= 0.6 is 11.6 Å². The Hall–Kier alpha value is -3.98. The van der Waals surface area contributed by atoms with Crippen LogP contribution in [0.1, 0.15) is 22.8 Å². The molecule has 0 radical (unpaired) electrons. The van der Waals surface area contributed by atoms with Crippen LogP contribution in [0.15, 0.2) is 61.6 Å². The van der Waals surface area contributed by atoms with Gasteiger partial charge in [-0.1, -0.05) is 17.7 Å². The van der Waals surface area contributed by atoms with Crippen molar-refractivity contribution in [3.8, 4) is 11.1 Å². The summed E-state index contributed by atoms with van der Waals surface area (Å²) in [5.41, 5.74) is 3.52. The van der Waals surface area contributed by atoms with Gasteiger partial charge < -0.3 is 19.9 Å². The molecule has 4 rings (SSSR count). The molecule has 0 atom stereocenters. The second kappa shape index (κ2) is 10.8. The van der Waals surface area contributed by atoms with E-state index in [1.807, 2.05) is 35.9 Å². The van der Waals surface area contributed by atoms with Gasteiger partial charge in [0.15, 0.2) is 0 Å². The van der Waals surface area contributed by atoms with Gasteiger partial charge in [-0.15, -0.1) is 0 Å². The first-order valence-corrected chi connectivity index (χ1v) is 11.1. The summed E-state index contributed by atoms with van der Waals surface area (Å²) in [5.74, 6) is 0.573. The minimum Gasteiger partial charge on any atom is -0.462 e. The van der Waals surface area contributed by atoms with Crippen molar-refractivity contribution >= 4 is 35.0 Å². The number of imidazole rings is 1. The van der Waals surface area contributed by atoms with Crippen LogP contribution in [0.2, 0.25) is 5.02 Å². The number of esters is 1. The molecule has 2 N–H and O–H groups in total. The van der Waals surface area contributed by atoms with Crippen molar-refractivity contribution in [3.63, 3.8) is 0 Å². The summed E-state index contributed by atoms with van der Waals surface area (Å²) in [5, 5.41) is 7.21. The van der Waals surface area contributed by atoms with Crippen LogP contribution in [-0.4, -0.2) is 43.6 Å². The Balaban J connectivity index is 1.63. The molecule has 4 aromatic rings. The Kier molecular flexibility index (Phi) is 7.34. The fourth-order valence-corrected chi connectivity index (χ4v) is 3.40. The van der Waals surface area contributed by atoms with E-state index in [1.54, 1.807) is 37.9 Å². The third-order valence-corrected chi connectivity index (χ3v) is 5.41. The SMILES string of the molecule is CCOC(=O)c1cncc(-c2cnc(Nc3ccc(C)c(Cl)c3)nc2NCCn2ccnc2)c1. The van der Waals surface area contributed by atoms with Crippen LogP contribution < -0.4 is 10.6 Å². The smallest absolute Gasteiger partial charge is 0.339 e. The number of nitrogens with zero attached hydrogens (tertiary/aromatic N) is 5. The Labute approximate surface area is 202 Å². The predicted molar refractivity (Wildman–Crippen MR) is 131 cm³/mol. The topological polar surface area (TPSA) is 107 Å². The van der Waals surface area contributed by atoms with E-state index in [1.165, 1.54) is 6.20 Å². The number of hydrogen-bond donors (Lipinski definition) is 2. The molecule has 34 heavy (non-hydrogen) atoms. The van der Waals surface area contributed by atoms with E-state index < -0.39 is 5.97 Å². The molecule has 1 aromatic carbocycles. The first kappa shape index (κ1) is 23.2. The van der Waals surface area contributed by atoms with Crippen molar-refractivity contribution < 1.29 is 9.53 Å². The molecule has 0 saturated heterocycles. The second-order valence-electron chi connectivity index (χ2n) is 7.45. The number of ether oxygens (including phenoxy) is 1. The van der Waals surface area contributed by atoms with Gasteiger partial charge in [0.05, 0.1) is 18.5 Å². The Morgan fingerprint density at radius 3 is 2.82 bits per heavy atom. The van der Waals surface area contributed by atoms with Gasteiger partial charge in [0.25, 0.3) is 0 Å². The van der Waals surface area contributed by atoms with Crippen LogP contribution in [0.4, 0.5) is 17.5 Å². The van der Waals surface area contributed by atoms with Gasteiger partial charge >= 0.3 is 5.97 Å². The molecular formula is C24H24ClN7O2. The van der Waals surface area contributed by atoms with Gasteiger partial charge in [-0.25, -0.2) is 14.8 Å². The number of hydrogen-bond acceptors (Lipinski definition) is 8. The molecule has 0 aliphatic heterocycles. The van der Waals surface area contributed by atoms with Gasteiger partial charge in [0.1, 0.15) is 5.82 Å². The van der Waals surface area contributed by atoms with Gasteiger partial charge in [-0.3, -0.25) is 4.98 Å². The van der Waals surface area contributed by atoms with Crippen molar-refractivity contribution in [3.05, 3.63) is 77.7 Å². The number of aromatic nitrogens is 5. The number of carbonyl (C=O) groups excluding carboxylic acids is 1. The van der Waals surface area contributed by atoms with Crippen molar-refractivity contribution in [2.75, 3.05) is 23.8 Å². The molecule has 3 aromatic heterocycles. The number of aryl methyl sites for hydroxylation is 1. The average molecular weight is 478 g/mol. The maximum absolute atomic E-state index is 12.2. The van der Waals surface area contributed by atoms with E-state index in [4.69, 9.17) is 16.3 Å². The van der Waals surface area contributed by atoms with Crippen LogP contribution in [0.5, 0.6) is 0 Å². The lowest BCUT2D eigenvalue weighted by molar-refractivity contribution is 0.0526. The van der Waals surface area contributed by atoms with Gasteiger partial charge in [-0.05, 0) is 37.6 Å². The first-order valence-electron chi connectivity index (χ1n) is 10.8. The lowest BCUT2D eigenvalue weighted by atomic mass is 10.1. The standard InChI is InChI=1S/C24H24ClN7O2/c1-3-34-23(33)18-10-17(12-27-13-18)20-14-29-24(30-19-5-4-16(2)21(25)11-19)31-22(20)28-7-9-32-8-6-26-15-32/h4-6,8,10-15H,3,7,9H2,1-2H3,(H2,28,29,30,31). The molecule has 0 saturated carbocycles. The zero-order valence-electron chi connectivity index (χ0n) is 18.8. The molecule has 174 valence electrons. The second-order valence-corrected chi connectivity index (χ2v) is 7.86. The fourth-order valence-electron chi connectivity index (χ4n) is 3.22. The number of benzene rings is 1. The predicted octanol–water partition coefficient (Wildman–Crippen LogP) is 4.73. The highest BCUT2D eigenvalue weighted by Gasteiger charge is 2.14. The number of halogens is 1. The molecule has 10 heteroatoms. The Bertz CT molecular complexity index is 1280. The van der Waals surface area contributed by atoms with Crippen molar-refractivity contribution in [1.29, 1.82) is 0 Å². The highest BCUT2D eigenvalue weighted by atomic mass is 35.5. The number of rotatable bonds is 9. The fraction of sp³-hybridized carbons (Fsp3) is 0.208. The van der Waals surface area contributed by atoms with Crippen molar-refractivity contribution in [2.24, 2.45) is 0 Å². The van der Waals surface area contributed by atoms with Crippen LogP contribution in [0.3, 0.4) is 0 Å². The molecule has 0 fully saturated rings. The molecule has 0 aliphatic rings. The van der Waals surface area contributed by atoms with Crippen LogP contribution in [0.25, 0.3) is 11.1 Å². The highest BCUT2D eigenvalue weighted by molar-refractivity contribution is 6.31. The largest absolute Gasteiger partial charge is 0.462 e. The summed E-state index contributed by atoms with van der Waals surface area (Å²) in [7, 11) is 0. The first-order chi connectivity index (χ1) is 16.5. The van der Waals surface area contributed by atoms with E-state index in [0.29, 0.717) is 46.6 Å². The molecule has 0 spiro atoms. The van der Waals surface area contributed by atoms with E-state index in [9.17, 15) is 4.79 Å². The van der Waals surface area contributed by atoms with Gasteiger partial charge in [0.2, 0.25) is 5.95 Å². The number of carbonyl (C=O) groups is 1. The van der Waals surface area contributed by atoms with E-state index >= 15 is 0 Å². The third-order valence-electron chi connectivity index (χ3n) is 5.00. The van der Waals surface area contributed by atoms with E-state index in [0.717, 1.165) is 11.3 Å². The molecule has 0 aliphatic carbocycles. The maximum Gasteiger partial charge on any atom is 0.339 e.